The monoisotopic (exact) mass is 356 g/mol. The number of aliphatic hydroxyl groups excluding tert-OH is 1. The summed E-state index contributed by atoms with van der Waals surface area (Å²) in [4.78, 5) is 25.5. The van der Waals surface area contributed by atoms with Crippen LogP contribution in [0.15, 0.2) is 36.7 Å². The lowest BCUT2D eigenvalue weighted by atomic mass is 10.1. The van der Waals surface area contributed by atoms with Crippen LogP contribution in [0.1, 0.15) is 16.8 Å². The molecule has 0 aliphatic carbocycles. The summed E-state index contributed by atoms with van der Waals surface area (Å²) in [5.41, 5.74) is 2.07. The second-order valence-electron chi connectivity index (χ2n) is 6.21. The Morgan fingerprint density at radius 3 is 2.69 bits per heavy atom. The molecule has 1 amide bonds. The zero-order chi connectivity index (χ0) is 18.4. The third kappa shape index (κ3) is 4.17. The van der Waals surface area contributed by atoms with E-state index >= 15 is 0 Å². The number of nitrogens with zero attached hydrogens (tertiary/aromatic N) is 4. The van der Waals surface area contributed by atoms with Gasteiger partial charge in [-0.3, -0.25) is 9.69 Å². The average molecular weight is 356 g/mol. The van der Waals surface area contributed by atoms with Gasteiger partial charge in [-0.25, -0.2) is 9.97 Å². The lowest BCUT2D eigenvalue weighted by Gasteiger charge is -2.34. The normalized spacial score (nSPS) is 15.1. The second-order valence-corrected chi connectivity index (χ2v) is 6.21. The molecule has 2 aromatic rings. The number of hydrogen-bond acceptors (Lipinski definition) is 6. The molecule has 3 rings (SSSR count). The highest BCUT2D eigenvalue weighted by atomic mass is 16.5. The summed E-state index contributed by atoms with van der Waals surface area (Å²) in [6, 6.07) is 7.42. The molecule has 138 valence electrons. The zero-order valence-electron chi connectivity index (χ0n) is 15.0. The van der Waals surface area contributed by atoms with Crippen LogP contribution in [0.2, 0.25) is 0 Å². The van der Waals surface area contributed by atoms with E-state index in [1.54, 1.807) is 19.5 Å². The number of aliphatic hydroxyl groups is 1. The Bertz CT molecular complexity index is 745. The van der Waals surface area contributed by atoms with Crippen molar-refractivity contribution in [3.05, 3.63) is 42.2 Å². The first kappa shape index (κ1) is 18.3. The number of piperazine rings is 1. The maximum Gasteiger partial charge on any atom is 0.253 e. The molecular weight excluding hydrogens is 332 g/mol. The second kappa shape index (κ2) is 8.73. The van der Waals surface area contributed by atoms with Crippen molar-refractivity contribution in [3.8, 4) is 17.1 Å². The number of hydrogen-bond donors (Lipinski definition) is 1. The lowest BCUT2D eigenvalue weighted by molar-refractivity contribution is 0.0629. The third-order valence-corrected chi connectivity index (χ3v) is 4.53. The van der Waals surface area contributed by atoms with Gasteiger partial charge in [0, 0.05) is 62.9 Å². The summed E-state index contributed by atoms with van der Waals surface area (Å²) < 4.78 is 5.27. The van der Waals surface area contributed by atoms with Crippen molar-refractivity contribution in [2.24, 2.45) is 0 Å². The van der Waals surface area contributed by atoms with Gasteiger partial charge in [0.15, 0.2) is 0 Å². The predicted molar refractivity (Wildman–Crippen MR) is 98.1 cm³/mol. The average Bonchev–Trinajstić information content (AvgIpc) is 2.72. The minimum absolute atomic E-state index is 0.0246. The first-order chi connectivity index (χ1) is 12.7. The van der Waals surface area contributed by atoms with E-state index in [2.05, 4.69) is 14.9 Å². The van der Waals surface area contributed by atoms with Crippen LogP contribution in [-0.2, 0) is 0 Å². The van der Waals surface area contributed by atoms with Crippen molar-refractivity contribution in [1.29, 1.82) is 0 Å². The van der Waals surface area contributed by atoms with Crippen molar-refractivity contribution in [2.75, 3.05) is 46.4 Å². The summed E-state index contributed by atoms with van der Waals surface area (Å²) in [5, 5.41) is 8.93. The van der Waals surface area contributed by atoms with Gasteiger partial charge < -0.3 is 14.7 Å². The SMILES string of the molecule is COc1nccnc1-c1cccc(C(=O)N2CCN(CCCO)CC2)c1. The van der Waals surface area contributed by atoms with Crippen LogP contribution in [0.5, 0.6) is 5.88 Å². The highest BCUT2D eigenvalue weighted by Gasteiger charge is 2.22. The molecule has 0 spiro atoms. The number of benzene rings is 1. The van der Waals surface area contributed by atoms with Gasteiger partial charge in [0.2, 0.25) is 5.88 Å². The van der Waals surface area contributed by atoms with Crippen molar-refractivity contribution in [1.82, 2.24) is 19.8 Å². The molecule has 1 fully saturated rings. The summed E-state index contributed by atoms with van der Waals surface area (Å²) in [6.45, 7) is 4.15. The maximum absolute atomic E-state index is 12.9. The van der Waals surface area contributed by atoms with E-state index in [1.807, 2.05) is 29.2 Å². The molecule has 1 aromatic heterocycles. The molecular formula is C19H24N4O3. The van der Waals surface area contributed by atoms with E-state index in [0.29, 0.717) is 30.2 Å². The molecule has 26 heavy (non-hydrogen) atoms. The van der Waals surface area contributed by atoms with E-state index < -0.39 is 0 Å². The molecule has 1 aliphatic heterocycles. The van der Waals surface area contributed by atoms with Gasteiger partial charge in [0.25, 0.3) is 5.91 Å². The third-order valence-electron chi connectivity index (χ3n) is 4.53. The van der Waals surface area contributed by atoms with Crippen LogP contribution >= 0.6 is 0 Å². The molecule has 0 atom stereocenters. The fourth-order valence-electron chi connectivity index (χ4n) is 3.12. The minimum atomic E-state index is 0.0246. The fourth-order valence-corrected chi connectivity index (χ4v) is 3.12. The fraction of sp³-hybridized carbons (Fsp3) is 0.421. The van der Waals surface area contributed by atoms with Crippen molar-refractivity contribution < 1.29 is 14.6 Å². The zero-order valence-corrected chi connectivity index (χ0v) is 15.0. The van der Waals surface area contributed by atoms with Crippen LogP contribution in [0.4, 0.5) is 0 Å². The largest absolute Gasteiger partial charge is 0.479 e. The Balaban J connectivity index is 1.71. The Labute approximate surface area is 153 Å². The van der Waals surface area contributed by atoms with Crippen molar-refractivity contribution in [2.45, 2.75) is 6.42 Å². The Morgan fingerprint density at radius 2 is 1.96 bits per heavy atom. The number of ether oxygens (including phenoxy) is 1. The smallest absolute Gasteiger partial charge is 0.253 e. The Morgan fingerprint density at radius 1 is 1.19 bits per heavy atom. The van der Waals surface area contributed by atoms with Gasteiger partial charge in [-0.1, -0.05) is 12.1 Å². The van der Waals surface area contributed by atoms with Crippen LogP contribution in [0, 0.1) is 0 Å². The van der Waals surface area contributed by atoms with E-state index in [1.165, 1.54) is 0 Å². The summed E-state index contributed by atoms with van der Waals surface area (Å²) in [7, 11) is 1.55. The summed E-state index contributed by atoms with van der Waals surface area (Å²) in [5.74, 6) is 0.464. The van der Waals surface area contributed by atoms with Gasteiger partial charge in [-0.15, -0.1) is 0 Å². The van der Waals surface area contributed by atoms with Crippen molar-refractivity contribution >= 4 is 5.91 Å². The van der Waals surface area contributed by atoms with E-state index in [0.717, 1.165) is 31.6 Å². The molecule has 1 N–H and O–H groups in total. The number of carbonyl (C=O) groups excluding carboxylic acids is 1. The predicted octanol–water partition coefficient (Wildman–Crippen LogP) is 1.29. The molecule has 1 aromatic carbocycles. The van der Waals surface area contributed by atoms with Gasteiger partial charge in [-0.05, 0) is 18.6 Å². The van der Waals surface area contributed by atoms with Crippen molar-refractivity contribution in [3.63, 3.8) is 0 Å². The Kier molecular flexibility index (Phi) is 6.14. The quantitative estimate of drug-likeness (QED) is 0.840. The van der Waals surface area contributed by atoms with Crippen LogP contribution < -0.4 is 4.74 Å². The molecule has 0 radical (unpaired) electrons. The van der Waals surface area contributed by atoms with Gasteiger partial charge in [-0.2, -0.15) is 0 Å². The van der Waals surface area contributed by atoms with Gasteiger partial charge in [0.1, 0.15) is 5.69 Å². The van der Waals surface area contributed by atoms with Crippen LogP contribution in [-0.4, -0.2) is 77.2 Å². The maximum atomic E-state index is 12.9. The molecule has 0 bridgehead atoms. The first-order valence-electron chi connectivity index (χ1n) is 8.81. The molecule has 7 heteroatoms. The van der Waals surface area contributed by atoms with Gasteiger partial charge in [0.05, 0.1) is 7.11 Å². The number of aromatic nitrogens is 2. The number of amides is 1. The highest BCUT2D eigenvalue weighted by Crippen LogP contribution is 2.26. The van der Waals surface area contributed by atoms with E-state index in [9.17, 15) is 4.79 Å². The van der Waals surface area contributed by atoms with Crippen LogP contribution in [0.25, 0.3) is 11.3 Å². The van der Waals surface area contributed by atoms with E-state index in [4.69, 9.17) is 9.84 Å². The van der Waals surface area contributed by atoms with E-state index in [-0.39, 0.29) is 12.5 Å². The number of carbonyl (C=O) groups is 1. The molecule has 0 unspecified atom stereocenters. The minimum Gasteiger partial charge on any atom is -0.479 e. The standard InChI is InChI=1S/C19H24N4O3/c1-26-18-17(20-6-7-21-18)15-4-2-5-16(14-15)19(25)23-11-9-22(10-12-23)8-3-13-24/h2,4-7,14,24H,3,8-13H2,1H3. The summed E-state index contributed by atoms with van der Waals surface area (Å²) in [6.07, 6.45) is 3.96. The molecule has 1 saturated heterocycles. The number of methoxy groups -OCH3 is 1. The molecule has 7 nitrogen and oxygen atoms in total. The summed E-state index contributed by atoms with van der Waals surface area (Å²) >= 11 is 0. The molecule has 0 saturated carbocycles. The Hall–Kier alpha value is -2.51. The number of rotatable bonds is 6. The topological polar surface area (TPSA) is 78.8 Å². The molecule has 1 aliphatic rings. The van der Waals surface area contributed by atoms with Crippen LogP contribution in [0.3, 0.4) is 0 Å². The first-order valence-corrected chi connectivity index (χ1v) is 8.81. The molecule has 2 heterocycles. The highest BCUT2D eigenvalue weighted by molar-refractivity contribution is 5.95. The lowest BCUT2D eigenvalue weighted by Crippen LogP contribution is -2.48. The van der Waals surface area contributed by atoms with Gasteiger partial charge >= 0.3 is 0 Å².